The molecule has 96 valence electrons. The lowest BCUT2D eigenvalue weighted by molar-refractivity contribution is 0.0713. The number of aliphatic hydroxyl groups is 1. The summed E-state index contributed by atoms with van der Waals surface area (Å²) in [5, 5.41) is 12.9. The van der Waals surface area contributed by atoms with Crippen molar-refractivity contribution in [3.05, 3.63) is 29.8 Å². The molecule has 0 spiro atoms. The predicted octanol–water partition coefficient (Wildman–Crippen LogP) is 1.99. The summed E-state index contributed by atoms with van der Waals surface area (Å²) < 4.78 is 5.29. The highest BCUT2D eigenvalue weighted by molar-refractivity contribution is 5.33. The molecule has 0 saturated heterocycles. The number of para-hydroxylation sites is 1. The maximum absolute atomic E-state index is 9.56. The molecule has 0 atom stereocenters. The summed E-state index contributed by atoms with van der Waals surface area (Å²) in [6, 6.07) is 8.06. The van der Waals surface area contributed by atoms with Crippen molar-refractivity contribution in [2.45, 2.75) is 32.3 Å². The molecule has 17 heavy (non-hydrogen) atoms. The number of rotatable bonds is 7. The molecule has 0 aliphatic carbocycles. The van der Waals surface area contributed by atoms with Crippen LogP contribution in [0.25, 0.3) is 0 Å². The smallest absolute Gasteiger partial charge is 0.122 e. The van der Waals surface area contributed by atoms with E-state index in [0.29, 0.717) is 0 Å². The lowest BCUT2D eigenvalue weighted by Gasteiger charge is -2.17. The molecule has 0 radical (unpaired) electrons. The Kier molecular flexibility index (Phi) is 5.45. The molecule has 0 aliphatic heterocycles. The van der Waals surface area contributed by atoms with Crippen LogP contribution in [0.15, 0.2) is 24.3 Å². The lowest BCUT2D eigenvalue weighted by Crippen LogP contribution is -2.27. The molecule has 1 aromatic rings. The van der Waals surface area contributed by atoms with Gasteiger partial charge in [0.25, 0.3) is 0 Å². The molecule has 0 bridgehead atoms. The maximum atomic E-state index is 9.56. The molecule has 2 N–H and O–H groups in total. The van der Waals surface area contributed by atoms with Crippen LogP contribution in [0.5, 0.6) is 5.75 Å². The monoisotopic (exact) mass is 237 g/mol. The van der Waals surface area contributed by atoms with Crippen LogP contribution in [0.3, 0.4) is 0 Å². The van der Waals surface area contributed by atoms with Crippen molar-refractivity contribution in [1.82, 2.24) is 5.32 Å². The largest absolute Gasteiger partial charge is 0.496 e. The van der Waals surface area contributed by atoms with Gasteiger partial charge in [-0.05, 0) is 51.4 Å². The second-order valence-electron chi connectivity index (χ2n) is 4.87. The third-order valence-electron chi connectivity index (χ3n) is 2.68. The molecule has 0 fully saturated rings. The topological polar surface area (TPSA) is 41.5 Å². The van der Waals surface area contributed by atoms with E-state index >= 15 is 0 Å². The fraction of sp³-hybridized carbons (Fsp3) is 0.571. The Balaban J connectivity index is 2.27. The summed E-state index contributed by atoms with van der Waals surface area (Å²) in [5.41, 5.74) is 0.628. The van der Waals surface area contributed by atoms with Gasteiger partial charge in [-0.3, -0.25) is 0 Å². The van der Waals surface area contributed by atoms with Gasteiger partial charge in [0.15, 0.2) is 0 Å². The van der Waals surface area contributed by atoms with Crippen molar-refractivity contribution < 1.29 is 9.84 Å². The van der Waals surface area contributed by atoms with E-state index < -0.39 is 5.60 Å². The number of methoxy groups -OCH3 is 1. The molecule has 3 heteroatoms. The second-order valence-corrected chi connectivity index (χ2v) is 4.87. The summed E-state index contributed by atoms with van der Waals surface area (Å²) >= 11 is 0. The Morgan fingerprint density at radius 1 is 1.24 bits per heavy atom. The van der Waals surface area contributed by atoms with Gasteiger partial charge in [-0.15, -0.1) is 0 Å². The molecule has 0 saturated carbocycles. The van der Waals surface area contributed by atoms with E-state index in [2.05, 4.69) is 11.4 Å². The summed E-state index contributed by atoms with van der Waals surface area (Å²) in [6.07, 6.45) is 1.70. The minimum absolute atomic E-state index is 0.586. The molecule has 0 aromatic heterocycles. The molecule has 0 aliphatic rings. The average molecular weight is 237 g/mol. The fourth-order valence-electron chi connectivity index (χ4n) is 1.65. The lowest BCUT2D eigenvalue weighted by atomic mass is 10.1. The Labute approximate surface area is 104 Å². The van der Waals surface area contributed by atoms with Crippen LogP contribution in [0.1, 0.15) is 25.8 Å². The fourth-order valence-corrected chi connectivity index (χ4v) is 1.65. The average Bonchev–Trinajstić information content (AvgIpc) is 2.27. The Morgan fingerprint density at radius 3 is 2.59 bits per heavy atom. The van der Waals surface area contributed by atoms with Crippen molar-refractivity contribution in [3.8, 4) is 5.75 Å². The summed E-state index contributed by atoms with van der Waals surface area (Å²) in [5.74, 6) is 0.941. The van der Waals surface area contributed by atoms with Gasteiger partial charge >= 0.3 is 0 Å². The van der Waals surface area contributed by atoms with Gasteiger partial charge in [-0.25, -0.2) is 0 Å². The van der Waals surface area contributed by atoms with E-state index in [0.717, 1.165) is 31.7 Å². The Hall–Kier alpha value is -1.06. The van der Waals surface area contributed by atoms with E-state index in [1.54, 1.807) is 7.11 Å². The van der Waals surface area contributed by atoms with E-state index in [-0.39, 0.29) is 0 Å². The van der Waals surface area contributed by atoms with Crippen LogP contribution >= 0.6 is 0 Å². The third-order valence-corrected chi connectivity index (χ3v) is 2.68. The van der Waals surface area contributed by atoms with Gasteiger partial charge in [0.05, 0.1) is 12.7 Å². The first kappa shape index (κ1) is 14.0. The minimum Gasteiger partial charge on any atom is -0.496 e. The minimum atomic E-state index is -0.586. The molecule has 0 unspecified atom stereocenters. The predicted molar refractivity (Wildman–Crippen MR) is 70.5 cm³/mol. The van der Waals surface area contributed by atoms with Crippen molar-refractivity contribution in [2.24, 2.45) is 0 Å². The quantitative estimate of drug-likeness (QED) is 0.713. The molecular formula is C14H23NO2. The van der Waals surface area contributed by atoms with E-state index in [1.807, 2.05) is 32.0 Å². The van der Waals surface area contributed by atoms with Crippen LogP contribution < -0.4 is 10.1 Å². The van der Waals surface area contributed by atoms with Crippen molar-refractivity contribution in [2.75, 3.05) is 20.2 Å². The molecule has 1 aromatic carbocycles. The zero-order valence-electron chi connectivity index (χ0n) is 11.0. The Bertz CT molecular complexity index is 331. The number of benzene rings is 1. The van der Waals surface area contributed by atoms with Gasteiger partial charge in [-0.2, -0.15) is 0 Å². The van der Waals surface area contributed by atoms with Crippen LogP contribution in [-0.2, 0) is 6.42 Å². The highest BCUT2D eigenvalue weighted by Gasteiger charge is 2.10. The molecule has 0 heterocycles. The maximum Gasteiger partial charge on any atom is 0.122 e. The van der Waals surface area contributed by atoms with Crippen LogP contribution in [0.4, 0.5) is 0 Å². The first-order chi connectivity index (χ1) is 8.03. The first-order valence-corrected chi connectivity index (χ1v) is 6.08. The summed E-state index contributed by atoms with van der Waals surface area (Å²) in [7, 11) is 1.69. The first-order valence-electron chi connectivity index (χ1n) is 6.08. The highest BCUT2D eigenvalue weighted by Crippen LogP contribution is 2.17. The number of nitrogens with one attached hydrogen (secondary N) is 1. The molecule has 0 amide bonds. The van der Waals surface area contributed by atoms with E-state index in [9.17, 15) is 5.11 Å². The van der Waals surface area contributed by atoms with Crippen molar-refractivity contribution >= 4 is 0 Å². The zero-order chi connectivity index (χ0) is 12.7. The standard InChI is InChI=1S/C14H23NO2/c1-14(2,16)9-11-15-10-8-12-6-4-5-7-13(12)17-3/h4-7,15-16H,8-11H2,1-3H3. The van der Waals surface area contributed by atoms with Crippen LogP contribution in [0.2, 0.25) is 0 Å². The van der Waals surface area contributed by atoms with Crippen LogP contribution in [0, 0.1) is 0 Å². The Morgan fingerprint density at radius 2 is 1.94 bits per heavy atom. The van der Waals surface area contributed by atoms with Crippen molar-refractivity contribution in [1.29, 1.82) is 0 Å². The van der Waals surface area contributed by atoms with Gasteiger partial charge in [0, 0.05) is 0 Å². The van der Waals surface area contributed by atoms with E-state index in [4.69, 9.17) is 4.74 Å². The third kappa shape index (κ3) is 5.71. The SMILES string of the molecule is COc1ccccc1CCNCCC(C)(C)O. The van der Waals surface area contributed by atoms with Gasteiger partial charge in [0.2, 0.25) is 0 Å². The van der Waals surface area contributed by atoms with Gasteiger partial charge < -0.3 is 15.2 Å². The molecular weight excluding hydrogens is 214 g/mol. The zero-order valence-corrected chi connectivity index (χ0v) is 11.0. The number of hydrogen-bond donors (Lipinski definition) is 2. The number of hydrogen-bond acceptors (Lipinski definition) is 3. The van der Waals surface area contributed by atoms with Gasteiger partial charge in [0.1, 0.15) is 5.75 Å². The number of ether oxygens (including phenoxy) is 1. The second kappa shape index (κ2) is 6.62. The van der Waals surface area contributed by atoms with E-state index in [1.165, 1.54) is 5.56 Å². The normalized spacial score (nSPS) is 11.5. The molecule has 1 rings (SSSR count). The summed E-state index contributed by atoms with van der Waals surface area (Å²) in [4.78, 5) is 0. The summed E-state index contributed by atoms with van der Waals surface area (Å²) in [6.45, 7) is 5.39. The van der Waals surface area contributed by atoms with Crippen molar-refractivity contribution in [3.63, 3.8) is 0 Å². The highest BCUT2D eigenvalue weighted by atomic mass is 16.5. The molecule has 3 nitrogen and oxygen atoms in total. The van der Waals surface area contributed by atoms with Crippen LogP contribution in [-0.4, -0.2) is 30.9 Å². The van der Waals surface area contributed by atoms with Gasteiger partial charge in [-0.1, -0.05) is 18.2 Å².